The smallest absolute Gasteiger partial charge is 0.217 e. The lowest BCUT2D eigenvalue weighted by molar-refractivity contribution is -0.121. The Kier molecular flexibility index (Phi) is 6.54. The van der Waals surface area contributed by atoms with Crippen LogP contribution in [0.1, 0.15) is 47.5 Å². The van der Waals surface area contributed by atoms with Crippen LogP contribution in [-0.2, 0) is 9.53 Å². The van der Waals surface area contributed by atoms with Crippen LogP contribution in [0.2, 0.25) is 0 Å². The first-order chi connectivity index (χ1) is 6.51. The lowest BCUT2D eigenvalue weighted by Gasteiger charge is -2.25. The van der Waals surface area contributed by atoms with E-state index in [2.05, 4.69) is 19.2 Å². The van der Waals surface area contributed by atoms with E-state index in [1.807, 2.05) is 13.8 Å². The molecule has 0 aromatic rings. The maximum atomic E-state index is 10.8. The Bertz CT molecular complexity index is 167. The van der Waals surface area contributed by atoms with Crippen LogP contribution in [-0.4, -0.2) is 24.2 Å². The van der Waals surface area contributed by atoms with Crippen LogP contribution < -0.4 is 5.32 Å². The average molecular weight is 201 g/mol. The first-order valence-corrected chi connectivity index (χ1v) is 5.43. The Labute approximate surface area is 87.2 Å². The van der Waals surface area contributed by atoms with Gasteiger partial charge in [-0.3, -0.25) is 4.79 Å². The van der Waals surface area contributed by atoms with Crippen LogP contribution >= 0.6 is 0 Å². The highest BCUT2D eigenvalue weighted by Gasteiger charge is 2.16. The fourth-order valence-corrected chi connectivity index (χ4v) is 1.34. The lowest BCUT2D eigenvalue weighted by atomic mass is 10.1. The summed E-state index contributed by atoms with van der Waals surface area (Å²) in [4.78, 5) is 10.8. The average Bonchev–Trinajstić information content (AvgIpc) is 2.12. The quantitative estimate of drug-likeness (QED) is 0.714. The summed E-state index contributed by atoms with van der Waals surface area (Å²) in [5, 5.41) is 2.83. The largest absolute Gasteiger partial charge is 0.373 e. The van der Waals surface area contributed by atoms with Gasteiger partial charge in [0.25, 0.3) is 0 Å². The Morgan fingerprint density at radius 1 is 1.29 bits per heavy atom. The summed E-state index contributed by atoms with van der Waals surface area (Å²) in [6.45, 7) is 9.72. The molecule has 1 N–H and O–H groups in total. The number of nitrogens with one attached hydrogen (secondary N) is 1. The summed E-state index contributed by atoms with van der Waals surface area (Å²) in [6.07, 6.45) is 2.42. The van der Waals surface area contributed by atoms with Gasteiger partial charge in [0.15, 0.2) is 0 Å². The van der Waals surface area contributed by atoms with Crippen molar-refractivity contribution in [3.8, 4) is 0 Å². The molecule has 3 heteroatoms. The second-order valence-corrected chi connectivity index (χ2v) is 3.77. The van der Waals surface area contributed by atoms with E-state index in [-0.39, 0.29) is 18.1 Å². The first kappa shape index (κ1) is 13.4. The molecule has 0 fully saturated rings. The molecule has 0 rings (SSSR count). The second-order valence-electron chi connectivity index (χ2n) is 3.77. The van der Waals surface area contributed by atoms with Crippen LogP contribution in [0, 0.1) is 0 Å². The molecule has 0 bridgehead atoms. The molecule has 0 saturated heterocycles. The molecular formula is C11H23NO2. The molecular weight excluding hydrogens is 178 g/mol. The fourth-order valence-electron chi connectivity index (χ4n) is 1.34. The van der Waals surface area contributed by atoms with Crippen LogP contribution in [0.25, 0.3) is 0 Å². The molecule has 0 aromatic carbocycles. The molecule has 0 aromatic heterocycles. The van der Waals surface area contributed by atoms with Gasteiger partial charge < -0.3 is 10.1 Å². The number of hydrogen-bond acceptors (Lipinski definition) is 2. The van der Waals surface area contributed by atoms with Crippen molar-refractivity contribution in [3.05, 3.63) is 0 Å². The van der Waals surface area contributed by atoms with E-state index in [1.54, 1.807) is 0 Å². The molecule has 0 aliphatic rings. The van der Waals surface area contributed by atoms with Gasteiger partial charge in [-0.2, -0.15) is 0 Å². The summed E-state index contributed by atoms with van der Waals surface area (Å²) in [6, 6.07) is 0.0769. The molecule has 1 amide bonds. The fraction of sp³-hybridized carbons (Fsp3) is 0.909. The van der Waals surface area contributed by atoms with Crippen LogP contribution in [0.15, 0.2) is 0 Å². The minimum absolute atomic E-state index is 0.00232. The number of carbonyl (C=O) groups is 1. The molecule has 0 saturated carbocycles. The number of rotatable bonds is 6. The molecule has 0 radical (unpaired) electrons. The molecule has 0 aliphatic heterocycles. The lowest BCUT2D eigenvalue weighted by Crippen LogP contribution is -2.41. The summed E-state index contributed by atoms with van der Waals surface area (Å²) in [7, 11) is 0. The third kappa shape index (κ3) is 5.22. The van der Waals surface area contributed by atoms with Crippen LogP contribution in [0.4, 0.5) is 0 Å². The van der Waals surface area contributed by atoms with Gasteiger partial charge in [-0.05, 0) is 26.7 Å². The van der Waals surface area contributed by atoms with Crippen molar-refractivity contribution in [1.82, 2.24) is 5.32 Å². The van der Waals surface area contributed by atoms with E-state index in [0.717, 1.165) is 12.8 Å². The predicted molar refractivity (Wildman–Crippen MR) is 58.2 cm³/mol. The zero-order valence-electron chi connectivity index (χ0n) is 9.96. The van der Waals surface area contributed by atoms with Gasteiger partial charge in [0.05, 0.1) is 18.2 Å². The van der Waals surface area contributed by atoms with Gasteiger partial charge in [-0.25, -0.2) is 0 Å². The van der Waals surface area contributed by atoms with Crippen molar-refractivity contribution in [2.24, 2.45) is 0 Å². The van der Waals surface area contributed by atoms with Crippen LogP contribution in [0.3, 0.4) is 0 Å². The van der Waals surface area contributed by atoms with Gasteiger partial charge >= 0.3 is 0 Å². The molecule has 2 atom stereocenters. The molecule has 0 aliphatic carbocycles. The van der Waals surface area contributed by atoms with E-state index in [4.69, 9.17) is 4.74 Å². The van der Waals surface area contributed by atoms with Crippen molar-refractivity contribution in [3.63, 3.8) is 0 Å². The SMILES string of the molecule is CCC(CC)OC(C)C(C)NC(C)=O. The maximum Gasteiger partial charge on any atom is 0.217 e. The maximum absolute atomic E-state index is 10.8. The van der Waals surface area contributed by atoms with Gasteiger partial charge in [-0.1, -0.05) is 13.8 Å². The molecule has 2 unspecified atom stereocenters. The summed E-state index contributed by atoms with van der Waals surface area (Å²) >= 11 is 0. The first-order valence-electron chi connectivity index (χ1n) is 5.43. The van der Waals surface area contributed by atoms with Crippen LogP contribution in [0.5, 0.6) is 0 Å². The van der Waals surface area contributed by atoms with E-state index in [0.29, 0.717) is 6.10 Å². The van der Waals surface area contributed by atoms with Crippen molar-refractivity contribution in [2.45, 2.75) is 65.7 Å². The third-order valence-corrected chi connectivity index (χ3v) is 2.45. The summed E-state index contributed by atoms with van der Waals surface area (Å²) < 4.78 is 5.80. The molecule has 0 heterocycles. The number of ether oxygens (including phenoxy) is 1. The van der Waals surface area contributed by atoms with E-state index in [1.165, 1.54) is 6.92 Å². The standard InChI is InChI=1S/C11H23NO2/c1-6-11(7-2)14-9(4)8(3)12-10(5)13/h8-9,11H,6-7H2,1-5H3,(H,12,13). The van der Waals surface area contributed by atoms with Gasteiger partial charge in [-0.15, -0.1) is 0 Å². The summed E-state index contributed by atoms with van der Waals surface area (Å²) in [5.74, 6) is -0.00232. The van der Waals surface area contributed by atoms with Gasteiger partial charge in [0, 0.05) is 6.92 Å². The minimum atomic E-state index is -0.00232. The monoisotopic (exact) mass is 201 g/mol. The molecule has 84 valence electrons. The Balaban J connectivity index is 3.92. The summed E-state index contributed by atoms with van der Waals surface area (Å²) in [5.41, 5.74) is 0. The topological polar surface area (TPSA) is 38.3 Å². The normalized spacial score (nSPS) is 15.3. The number of carbonyl (C=O) groups excluding carboxylic acids is 1. The minimum Gasteiger partial charge on any atom is -0.373 e. The molecule has 14 heavy (non-hydrogen) atoms. The molecule has 0 spiro atoms. The van der Waals surface area contributed by atoms with Crippen molar-refractivity contribution in [2.75, 3.05) is 0 Å². The zero-order valence-corrected chi connectivity index (χ0v) is 9.96. The van der Waals surface area contributed by atoms with Gasteiger partial charge in [0.1, 0.15) is 0 Å². The van der Waals surface area contributed by atoms with E-state index in [9.17, 15) is 4.79 Å². The predicted octanol–water partition coefficient (Wildman–Crippen LogP) is 2.10. The van der Waals surface area contributed by atoms with E-state index >= 15 is 0 Å². The van der Waals surface area contributed by atoms with Gasteiger partial charge in [0.2, 0.25) is 5.91 Å². The Morgan fingerprint density at radius 2 is 1.79 bits per heavy atom. The highest BCUT2D eigenvalue weighted by Crippen LogP contribution is 2.09. The number of hydrogen-bond donors (Lipinski definition) is 1. The highest BCUT2D eigenvalue weighted by molar-refractivity contribution is 5.73. The van der Waals surface area contributed by atoms with E-state index < -0.39 is 0 Å². The Hall–Kier alpha value is -0.570. The zero-order chi connectivity index (χ0) is 11.1. The third-order valence-electron chi connectivity index (χ3n) is 2.45. The Morgan fingerprint density at radius 3 is 2.14 bits per heavy atom. The van der Waals surface area contributed by atoms with Crippen molar-refractivity contribution < 1.29 is 9.53 Å². The molecule has 3 nitrogen and oxygen atoms in total. The number of amides is 1. The highest BCUT2D eigenvalue weighted by atomic mass is 16.5. The van der Waals surface area contributed by atoms with Crippen molar-refractivity contribution >= 4 is 5.91 Å². The second kappa shape index (κ2) is 6.82. The van der Waals surface area contributed by atoms with Crippen molar-refractivity contribution in [1.29, 1.82) is 0 Å².